The third kappa shape index (κ3) is 3.59. The lowest BCUT2D eigenvalue weighted by Gasteiger charge is -2.07. The van der Waals surface area contributed by atoms with Gasteiger partial charge in [-0.1, -0.05) is 12.1 Å². The number of ether oxygens (including phenoxy) is 1. The molecular weight excluding hydrogens is 210 g/mol. The van der Waals surface area contributed by atoms with E-state index in [0.717, 1.165) is 17.9 Å². The Morgan fingerprint density at radius 3 is 2.47 bits per heavy atom. The normalized spacial score (nSPS) is 10.2. The second kappa shape index (κ2) is 5.48. The van der Waals surface area contributed by atoms with Crippen LogP contribution in [0.25, 0.3) is 0 Å². The lowest BCUT2D eigenvalue weighted by molar-refractivity contribution is 0.320. The van der Waals surface area contributed by atoms with E-state index in [1.807, 2.05) is 24.4 Å². The van der Waals surface area contributed by atoms with Crippen molar-refractivity contribution < 1.29 is 4.74 Å². The van der Waals surface area contributed by atoms with E-state index in [1.54, 1.807) is 0 Å². The molecule has 2 heteroatoms. The minimum atomic E-state index is 0.667. The Labute approximate surface area is 102 Å². The van der Waals surface area contributed by atoms with Gasteiger partial charge in [-0.15, -0.1) is 0 Å². The summed E-state index contributed by atoms with van der Waals surface area (Å²) in [5.41, 5.74) is 3.53. The van der Waals surface area contributed by atoms with Crippen molar-refractivity contribution in [1.82, 2.24) is 4.98 Å². The van der Waals surface area contributed by atoms with Crippen LogP contribution in [-0.4, -0.2) is 11.6 Å². The highest BCUT2D eigenvalue weighted by molar-refractivity contribution is 5.33. The van der Waals surface area contributed by atoms with Gasteiger partial charge in [-0.05, 0) is 49.2 Å². The van der Waals surface area contributed by atoms with Crippen LogP contribution in [0, 0.1) is 13.8 Å². The average Bonchev–Trinajstić information content (AvgIpc) is 2.29. The van der Waals surface area contributed by atoms with Crippen molar-refractivity contribution in [2.75, 3.05) is 6.61 Å². The van der Waals surface area contributed by atoms with Crippen molar-refractivity contribution in [1.29, 1.82) is 0 Å². The van der Waals surface area contributed by atoms with Crippen molar-refractivity contribution in [3.05, 3.63) is 59.4 Å². The molecule has 0 fully saturated rings. The van der Waals surface area contributed by atoms with E-state index in [0.29, 0.717) is 6.61 Å². The summed E-state index contributed by atoms with van der Waals surface area (Å²) in [6.07, 6.45) is 2.65. The lowest BCUT2D eigenvalue weighted by atomic mass is 10.1. The third-order valence-electron chi connectivity index (χ3n) is 2.55. The number of hydrogen-bond donors (Lipinski definition) is 0. The molecule has 0 saturated carbocycles. The summed E-state index contributed by atoms with van der Waals surface area (Å²) < 4.78 is 5.73. The smallest absolute Gasteiger partial charge is 0.119 e. The van der Waals surface area contributed by atoms with Crippen molar-refractivity contribution >= 4 is 0 Å². The van der Waals surface area contributed by atoms with E-state index in [4.69, 9.17) is 4.74 Å². The van der Waals surface area contributed by atoms with Gasteiger partial charge in [0, 0.05) is 18.3 Å². The third-order valence-corrected chi connectivity index (χ3v) is 2.55. The number of pyridine rings is 1. The molecule has 0 bridgehead atoms. The van der Waals surface area contributed by atoms with E-state index in [-0.39, 0.29) is 0 Å². The summed E-state index contributed by atoms with van der Waals surface area (Å²) >= 11 is 0. The summed E-state index contributed by atoms with van der Waals surface area (Å²) in [6.45, 7) is 4.83. The number of rotatable bonds is 4. The van der Waals surface area contributed by atoms with E-state index in [2.05, 4.69) is 37.0 Å². The minimum Gasteiger partial charge on any atom is -0.493 e. The Balaban J connectivity index is 1.90. The van der Waals surface area contributed by atoms with E-state index in [1.165, 1.54) is 11.1 Å². The first kappa shape index (κ1) is 11.6. The molecule has 0 aliphatic carbocycles. The van der Waals surface area contributed by atoms with Crippen LogP contribution >= 0.6 is 0 Å². The van der Waals surface area contributed by atoms with Gasteiger partial charge in [-0.2, -0.15) is 0 Å². The van der Waals surface area contributed by atoms with Crippen molar-refractivity contribution in [2.45, 2.75) is 20.3 Å². The Morgan fingerprint density at radius 2 is 1.82 bits per heavy atom. The second-order valence-corrected chi connectivity index (χ2v) is 4.24. The van der Waals surface area contributed by atoms with E-state index in [9.17, 15) is 0 Å². The van der Waals surface area contributed by atoms with Crippen LogP contribution in [0.3, 0.4) is 0 Å². The van der Waals surface area contributed by atoms with Crippen LogP contribution in [0.15, 0.2) is 42.6 Å². The summed E-state index contributed by atoms with van der Waals surface area (Å²) in [6, 6.07) is 12.2. The predicted molar refractivity (Wildman–Crippen MR) is 69.4 cm³/mol. The van der Waals surface area contributed by atoms with Gasteiger partial charge in [0.2, 0.25) is 0 Å². The second-order valence-electron chi connectivity index (χ2n) is 4.24. The fourth-order valence-corrected chi connectivity index (χ4v) is 1.84. The van der Waals surface area contributed by atoms with Gasteiger partial charge in [0.15, 0.2) is 0 Å². The Bertz CT molecular complexity index is 459. The van der Waals surface area contributed by atoms with E-state index >= 15 is 0 Å². The maximum atomic E-state index is 5.73. The Morgan fingerprint density at radius 1 is 1.06 bits per heavy atom. The fourth-order valence-electron chi connectivity index (χ4n) is 1.84. The van der Waals surface area contributed by atoms with Gasteiger partial charge in [-0.25, -0.2) is 0 Å². The molecule has 2 rings (SSSR count). The largest absolute Gasteiger partial charge is 0.493 e. The summed E-state index contributed by atoms with van der Waals surface area (Å²) in [7, 11) is 0. The molecule has 1 aromatic carbocycles. The van der Waals surface area contributed by atoms with Gasteiger partial charge in [0.1, 0.15) is 5.75 Å². The highest BCUT2D eigenvalue weighted by Gasteiger charge is 1.98. The van der Waals surface area contributed by atoms with Gasteiger partial charge in [0.05, 0.1) is 6.61 Å². The first-order valence-electron chi connectivity index (χ1n) is 5.85. The summed E-state index contributed by atoms with van der Waals surface area (Å²) in [4.78, 5) is 4.27. The molecular formula is C15H17NO. The zero-order chi connectivity index (χ0) is 12.1. The zero-order valence-corrected chi connectivity index (χ0v) is 10.3. The molecule has 17 heavy (non-hydrogen) atoms. The summed E-state index contributed by atoms with van der Waals surface area (Å²) in [5, 5.41) is 0. The average molecular weight is 227 g/mol. The van der Waals surface area contributed by atoms with Gasteiger partial charge >= 0.3 is 0 Å². The summed E-state index contributed by atoms with van der Waals surface area (Å²) in [5.74, 6) is 0.943. The molecule has 0 N–H and O–H groups in total. The number of hydrogen-bond acceptors (Lipinski definition) is 2. The number of aromatic nitrogens is 1. The molecule has 0 aliphatic heterocycles. The van der Waals surface area contributed by atoms with Crippen molar-refractivity contribution in [3.63, 3.8) is 0 Å². The molecule has 1 aromatic heterocycles. The van der Waals surface area contributed by atoms with E-state index < -0.39 is 0 Å². The molecule has 0 saturated heterocycles. The van der Waals surface area contributed by atoms with Gasteiger partial charge in [0.25, 0.3) is 0 Å². The minimum absolute atomic E-state index is 0.667. The fraction of sp³-hybridized carbons (Fsp3) is 0.267. The van der Waals surface area contributed by atoms with Gasteiger partial charge < -0.3 is 4.74 Å². The number of nitrogens with zero attached hydrogens (tertiary/aromatic N) is 1. The topological polar surface area (TPSA) is 22.1 Å². The molecule has 88 valence electrons. The van der Waals surface area contributed by atoms with Crippen LogP contribution in [0.4, 0.5) is 0 Å². The SMILES string of the molecule is Cc1cc(C)cc(OCCc2ccccn2)c1. The molecule has 0 aliphatic rings. The molecule has 0 unspecified atom stereocenters. The first-order chi connectivity index (χ1) is 8.24. The number of aryl methyl sites for hydroxylation is 2. The van der Waals surface area contributed by atoms with Crippen LogP contribution in [0.2, 0.25) is 0 Å². The van der Waals surface area contributed by atoms with Crippen molar-refractivity contribution in [2.24, 2.45) is 0 Å². The molecule has 2 nitrogen and oxygen atoms in total. The molecule has 0 amide bonds. The standard InChI is InChI=1S/C15H17NO/c1-12-9-13(2)11-15(10-12)17-8-6-14-5-3-4-7-16-14/h3-5,7,9-11H,6,8H2,1-2H3. The maximum Gasteiger partial charge on any atom is 0.119 e. The molecule has 0 atom stereocenters. The molecule has 1 heterocycles. The maximum absolute atomic E-state index is 5.73. The molecule has 2 aromatic rings. The predicted octanol–water partition coefficient (Wildman–Crippen LogP) is 3.32. The van der Waals surface area contributed by atoms with Crippen LogP contribution in [-0.2, 0) is 6.42 Å². The van der Waals surface area contributed by atoms with Crippen molar-refractivity contribution in [3.8, 4) is 5.75 Å². The monoisotopic (exact) mass is 227 g/mol. The Hall–Kier alpha value is -1.83. The highest BCUT2D eigenvalue weighted by atomic mass is 16.5. The quantitative estimate of drug-likeness (QED) is 0.799. The van der Waals surface area contributed by atoms with Crippen LogP contribution < -0.4 is 4.74 Å². The highest BCUT2D eigenvalue weighted by Crippen LogP contribution is 2.16. The number of benzene rings is 1. The first-order valence-corrected chi connectivity index (χ1v) is 5.85. The molecule has 0 spiro atoms. The lowest BCUT2D eigenvalue weighted by Crippen LogP contribution is -2.02. The zero-order valence-electron chi connectivity index (χ0n) is 10.3. The van der Waals surface area contributed by atoms with Crippen LogP contribution in [0.5, 0.6) is 5.75 Å². The Kier molecular flexibility index (Phi) is 3.76. The molecule has 0 radical (unpaired) electrons. The van der Waals surface area contributed by atoms with Crippen LogP contribution in [0.1, 0.15) is 16.8 Å². The van der Waals surface area contributed by atoms with Gasteiger partial charge in [-0.3, -0.25) is 4.98 Å².